The fraction of sp³-hybridized carbons (Fsp3) is 0.562. The van der Waals surface area contributed by atoms with E-state index in [-0.39, 0.29) is 11.4 Å². The molecule has 1 saturated carbocycles. The highest BCUT2D eigenvalue weighted by Gasteiger charge is 2.31. The molecule has 110 valence electrons. The zero-order valence-corrected chi connectivity index (χ0v) is 12.0. The van der Waals surface area contributed by atoms with Crippen LogP contribution in [0.25, 0.3) is 0 Å². The molecule has 3 atom stereocenters. The van der Waals surface area contributed by atoms with E-state index in [0.717, 1.165) is 12.3 Å². The summed E-state index contributed by atoms with van der Waals surface area (Å²) in [6.45, 7) is 4.83. The maximum Gasteiger partial charge on any atom is 0.335 e. The number of rotatable bonds is 5. The van der Waals surface area contributed by atoms with Gasteiger partial charge in [0.1, 0.15) is 5.82 Å². The average Bonchev–Trinajstić information content (AvgIpc) is 2.78. The van der Waals surface area contributed by atoms with E-state index >= 15 is 0 Å². The van der Waals surface area contributed by atoms with Gasteiger partial charge in [-0.05, 0) is 42.9 Å². The van der Waals surface area contributed by atoms with Crippen LogP contribution >= 0.6 is 0 Å². The van der Waals surface area contributed by atoms with Crippen LogP contribution in [0.2, 0.25) is 0 Å². The minimum atomic E-state index is -1.02. The first-order valence-electron chi connectivity index (χ1n) is 7.28. The molecule has 20 heavy (non-hydrogen) atoms. The van der Waals surface area contributed by atoms with Crippen LogP contribution < -0.4 is 5.32 Å². The van der Waals surface area contributed by atoms with Crippen molar-refractivity contribution in [1.82, 2.24) is 5.32 Å². The molecule has 0 saturated heterocycles. The molecule has 0 heterocycles. The molecule has 3 unspecified atom stereocenters. The van der Waals surface area contributed by atoms with Crippen molar-refractivity contribution in [3.8, 4) is 0 Å². The van der Waals surface area contributed by atoms with Gasteiger partial charge in [0.25, 0.3) is 0 Å². The number of halogens is 1. The molecule has 0 radical (unpaired) electrons. The third kappa shape index (κ3) is 3.18. The Morgan fingerprint density at radius 3 is 2.80 bits per heavy atom. The Balaban J connectivity index is 2.01. The number of carbonyl (C=O) groups is 1. The summed E-state index contributed by atoms with van der Waals surface area (Å²) >= 11 is 0. The third-order valence-electron chi connectivity index (χ3n) is 4.60. The normalized spacial score (nSPS) is 25.9. The van der Waals surface area contributed by atoms with Gasteiger partial charge < -0.3 is 10.4 Å². The SMILES string of the molecule is CCC1CCC(NCc2cc(C(=O)O)ccc2F)C1C. The summed E-state index contributed by atoms with van der Waals surface area (Å²) in [5.74, 6) is -0.0415. The van der Waals surface area contributed by atoms with Crippen molar-refractivity contribution in [2.75, 3.05) is 0 Å². The molecule has 1 aromatic carbocycles. The van der Waals surface area contributed by atoms with E-state index in [1.807, 2.05) is 0 Å². The Labute approximate surface area is 119 Å². The molecule has 4 heteroatoms. The molecular weight excluding hydrogens is 257 g/mol. The maximum absolute atomic E-state index is 13.7. The summed E-state index contributed by atoms with van der Waals surface area (Å²) in [6, 6.07) is 4.34. The Bertz CT molecular complexity index is 489. The summed E-state index contributed by atoms with van der Waals surface area (Å²) < 4.78 is 13.7. The first kappa shape index (κ1) is 15.0. The molecule has 3 nitrogen and oxygen atoms in total. The monoisotopic (exact) mass is 279 g/mol. The van der Waals surface area contributed by atoms with Crippen LogP contribution in [0.3, 0.4) is 0 Å². The number of hydrogen-bond acceptors (Lipinski definition) is 2. The number of benzene rings is 1. The number of hydrogen-bond donors (Lipinski definition) is 2. The predicted octanol–water partition coefficient (Wildman–Crippen LogP) is 3.44. The highest BCUT2D eigenvalue weighted by molar-refractivity contribution is 5.87. The zero-order chi connectivity index (χ0) is 14.7. The fourth-order valence-electron chi connectivity index (χ4n) is 3.20. The second-order valence-electron chi connectivity index (χ2n) is 5.70. The largest absolute Gasteiger partial charge is 0.478 e. The Morgan fingerprint density at radius 1 is 1.45 bits per heavy atom. The van der Waals surface area contributed by atoms with Gasteiger partial charge >= 0.3 is 5.97 Å². The topological polar surface area (TPSA) is 49.3 Å². The summed E-state index contributed by atoms with van der Waals surface area (Å²) in [5.41, 5.74) is 0.561. The van der Waals surface area contributed by atoms with Crippen molar-refractivity contribution in [2.24, 2.45) is 11.8 Å². The van der Waals surface area contributed by atoms with Gasteiger partial charge in [-0.2, -0.15) is 0 Å². The lowest BCUT2D eigenvalue weighted by Crippen LogP contribution is -2.32. The quantitative estimate of drug-likeness (QED) is 0.868. The lowest BCUT2D eigenvalue weighted by Gasteiger charge is -2.21. The lowest BCUT2D eigenvalue weighted by atomic mass is 9.93. The first-order valence-corrected chi connectivity index (χ1v) is 7.28. The molecule has 2 N–H and O–H groups in total. The van der Waals surface area contributed by atoms with Gasteiger partial charge in [0.05, 0.1) is 5.56 Å². The van der Waals surface area contributed by atoms with Gasteiger partial charge in [-0.1, -0.05) is 20.3 Å². The van der Waals surface area contributed by atoms with Gasteiger partial charge in [-0.3, -0.25) is 0 Å². The molecule has 0 aliphatic heterocycles. The van der Waals surface area contributed by atoms with E-state index < -0.39 is 5.97 Å². The van der Waals surface area contributed by atoms with Crippen LogP contribution in [-0.2, 0) is 6.54 Å². The summed E-state index contributed by atoms with van der Waals surface area (Å²) in [6.07, 6.45) is 3.51. The molecule has 2 rings (SSSR count). The number of nitrogens with one attached hydrogen (secondary N) is 1. The Morgan fingerprint density at radius 2 is 2.20 bits per heavy atom. The van der Waals surface area contributed by atoms with Gasteiger partial charge in [-0.15, -0.1) is 0 Å². The Hall–Kier alpha value is -1.42. The van der Waals surface area contributed by atoms with Crippen molar-refractivity contribution in [2.45, 2.75) is 45.7 Å². The van der Waals surface area contributed by atoms with Gasteiger partial charge in [0, 0.05) is 18.2 Å². The van der Waals surface area contributed by atoms with Crippen LogP contribution in [0.15, 0.2) is 18.2 Å². The van der Waals surface area contributed by atoms with Gasteiger partial charge in [0.2, 0.25) is 0 Å². The summed E-state index contributed by atoms with van der Waals surface area (Å²) in [7, 11) is 0. The van der Waals surface area contributed by atoms with E-state index in [1.165, 1.54) is 31.0 Å². The number of aromatic carboxylic acids is 1. The molecule has 0 aromatic heterocycles. The van der Waals surface area contributed by atoms with E-state index in [9.17, 15) is 9.18 Å². The molecule has 0 amide bonds. The van der Waals surface area contributed by atoms with E-state index in [1.54, 1.807) is 0 Å². The number of carboxylic acids is 1. The standard InChI is InChI=1S/C16H22FNO2/c1-3-11-5-7-15(10(11)2)18-9-13-8-12(16(19)20)4-6-14(13)17/h4,6,8,10-11,15,18H,3,5,7,9H2,1-2H3,(H,19,20). The second kappa shape index (κ2) is 6.35. The molecule has 1 aliphatic rings. The van der Waals surface area contributed by atoms with E-state index in [0.29, 0.717) is 24.1 Å². The third-order valence-corrected chi connectivity index (χ3v) is 4.60. The van der Waals surface area contributed by atoms with Gasteiger partial charge in [-0.25, -0.2) is 9.18 Å². The second-order valence-corrected chi connectivity index (χ2v) is 5.70. The molecule has 0 bridgehead atoms. The zero-order valence-electron chi connectivity index (χ0n) is 12.0. The van der Waals surface area contributed by atoms with Gasteiger partial charge in [0.15, 0.2) is 0 Å². The van der Waals surface area contributed by atoms with Crippen molar-refractivity contribution in [1.29, 1.82) is 0 Å². The van der Waals surface area contributed by atoms with E-state index in [2.05, 4.69) is 19.2 Å². The lowest BCUT2D eigenvalue weighted by molar-refractivity contribution is 0.0696. The summed E-state index contributed by atoms with van der Waals surface area (Å²) in [5, 5.41) is 12.3. The van der Waals surface area contributed by atoms with Crippen molar-refractivity contribution < 1.29 is 14.3 Å². The molecule has 0 spiro atoms. The van der Waals surface area contributed by atoms with Crippen molar-refractivity contribution in [3.63, 3.8) is 0 Å². The molecule has 1 aliphatic carbocycles. The predicted molar refractivity (Wildman–Crippen MR) is 76.2 cm³/mol. The molecule has 1 aromatic rings. The molecule has 1 fully saturated rings. The highest BCUT2D eigenvalue weighted by Crippen LogP contribution is 2.34. The first-order chi connectivity index (χ1) is 9.52. The smallest absolute Gasteiger partial charge is 0.335 e. The van der Waals surface area contributed by atoms with Crippen LogP contribution in [-0.4, -0.2) is 17.1 Å². The van der Waals surface area contributed by atoms with Crippen molar-refractivity contribution in [3.05, 3.63) is 35.1 Å². The average molecular weight is 279 g/mol. The summed E-state index contributed by atoms with van der Waals surface area (Å²) in [4.78, 5) is 10.9. The fourth-order valence-corrected chi connectivity index (χ4v) is 3.20. The van der Waals surface area contributed by atoms with Crippen LogP contribution in [0.5, 0.6) is 0 Å². The molecular formula is C16H22FNO2. The van der Waals surface area contributed by atoms with Crippen LogP contribution in [0.4, 0.5) is 4.39 Å². The van der Waals surface area contributed by atoms with Crippen molar-refractivity contribution >= 4 is 5.97 Å². The van der Waals surface area contributed by atoms with Crippen LogP contribution in [0.1, 0.15) is 49.0 Å². The minimum absolute atomic E-state index is 0.133. The maximum atomic E-state index is 13.7. The minimum Gasteiger partial charge on any atom is -0.478 e. The van der Waals surface area contributed by atoms with Crippen LogP contribution in [0, 0.1) is 17.7 Å². The number of carboxylic acid groups (broad SMARTS) is 1. The Kier molecular flexibility index (Phi) is 4.76. The highest BCUT2D eigenvalue weighted by atomic mass is 19.1. The van der Waals surface area contributed by atoms with E-state index in [4.69, 9.17) is 5.11 Å².